The number of thiazole rings is 1. The number of ether oxygens (including phenoxy) is 1. The molecule has 1 heterocycles. The molecule has 0 aliphatic rings. The molecule has 26 heavy (non-hydrogen) atoms. The van der Waals surface area contributed by atoms with Crippen LogP contribution in [0.15, 0.2) is 29.7 Å². The molecule has 8 nitrogen and oxygen atoms in total. The van der Waals surface area contributed by atoms with Crippen molar-refractivity contribution in [1.82, 2.24) is 10.3 Å². The van der Waals surface area contributed by atoms with Gasteiger partial charge in [0.15, 0.2) is 0 Å². The molecule has 136 valence electrons. The first-order chi connectivity index (χ1) is 12.4. The van der Waals surface area contributed by atoms with E-state index in [1.54, 1.807) is 6.08 Å². The van der Waals surface area contributed by atoms with Gasteiger partial charge in [-0.05, 0) is 19.1 Å². The Balaban J connectivity index is 1.77. The van der Waals surface area contributed by atoms with Crippen LogP contribution in [0.25, 0.3) is 6.08 Å². The average Bonchev–Trinajstić information content (AvgIpc) is 3.02. The van der Waals surface area contributed by atoms with E-state index in [4.69, 9.17) is 16.3 Å². The fraction of sp³-hybridized carbons (Fsp3) is 0.188. The van der Waals surface area contributed by atoms with Crippen LogP contribution in [0.1, 0.15) is 21.1 Å². The fourth-order valence-corrected chi connectivity index (χ4v) is 2.71. The molecule has 1 aromatic carbocycles. The number of nitrogens with zero attached hydrogens (tertiary/aromatic N) is 2. The van der Waals surface area contributed by atoms with Gasteiger partial charge in [-0.1, -0.05) is 11.6 Å². The number of carbonyl (C=O) groups is 2. The molecule has 10 heteroatoms. The molecule has 0 atom stereocenters. The highest BCUT2D eigenvalue weighted by molar-refractivity contribution is 7.09. The van der Waals surface area contributed by atoms with Crippen molar-refractivity contribution < 1.29 is 19.2 Å². The number of hydrogen-bond acceptors (Lipinski definition) is 7. The van der Waals surface area contributed by atoms with Gasteiger partial charge in [0.05, 0.1) is 32.8 Å². The zero-order valence-electron chi connectivity index (χ0n) is 13.6. The molecule has 0 saturated carbocycles. The van der Waals surface area contributed by atoms with Gasteiger partial charge < -0.3 is 10.1 Å². The third-order valence-corrected chi connectivity index (χ3v) is 4.17. The number of rotatable bonds is 7. The minimum absolute atomic E-state index is 0.0321. The van der Waals surface area contributed by atoms with E-state index in [0.29, 0.717) is 5.69 Å². The lowest BCUT2D eigenvalue weighted by Crippen LogP contribution is -2.28. The molecule has 2 aromatic rings. The SMILES string of the molecule is Cc1nc(/C=C/C(=O)OCCNC(=O)c2ccc([N+](=O)[O-])cc2Cl)cs1. The van der Waals surface area contributed by atoms with Gasteiger partial charge in [0.25, 0.3) is 11.6 Å². The lowest BCUT2D eigenvalue weighted by atomic mass is 10.2. The highest BCUT2D eigenvalue weighted by atomic mass is 35.5. The van der Waals surface area contributed by atoms with Crippen LogP contribution in [-0.4, -0.2) is 34.9 Å². The molecule has 0 aliphatic carbocycles. The summed E-state index contributed by atoms with van der Waals surface area (Å²) in [5.41, 5.74) is 0.565. The number of carbonyl (C=O) groups excluding carboxylic acids is 2. The van der Waals surface area contributed by atoms with Gasteiger partial charge in [-0.25, -0.2) is 9.78 Å². The van der Waals surface area contributed by atoms with Crippen molar-refractivity contribution in [1.29, 1.82) is 0 Å². The summed E-state index contributed by atoms with van der Waals surface area (Å²) in [7, 11) is 0. The molecule has 1 N–H and O–H groups in total. The summed E-state index contributed by atoms with van der Waals surface area (Å²) in [5.74, 6) is -1.08. The van der Waals surface area contributed by atoms with Crippen molar-refractivity contribution in [2.45, 2.75) is 6.92 Å². The Morgan fingerprint density at radius 1 is 1.46 bits per heavy atom. The van der Waals surface area contributed by atoms with Crippen molar-refractivity contribution >= 4 is 46.6 Å². The minimum Gasteiger partial charge on any atom is -0.461 e. The second-order valence-electron chi connectivity index (χ2n) is 4.97. The van der Waals surface area contributed by atoms with Crippen LogP contribution in [0.5, 0.6) is 0 Å². The summed E-state index contributed by atoms with van der Waals surface area (Å²) in [4.78, 5) is 37.8. The number of nitrogens with one attached hydrogen (secondary N) is 1. The standard InChI is InChI=1S/C16H14ClN3O5S/c1-10-19-11(9-26-10)2-5-15(21)25-7-6-18-16(22)13-4-3-12(20(23)24)8-14(13)17/h2-5,8-9H,6-7H2,1H3,(H,18,22)/b5-2+. The summed E-state index contributed by atoms with van der Waals surface area (Å²) < 4.78 is 4.95. The maximum Gasteiger partial charge on any atom is 0.330 e. The van der Waals surface area contributed by atoms with Crippen LogP contribution in [0, 0.1) is 17.0 Å². The highest BCUT2D eigenvalue weighted by Gasteiger charge is 2.14. The van der Waals surface area contributed by atoms with Crippen molar-refractivity contribution in [2.75, 3.05) is 13.2 Å². The van der Waals surface area contributed by atoms with Crippen LogP contribution >= 0.6 is 22.9 Å². The summed E-state index contributed by atoms with van der Waals surface area (Å²) in [5, 5.41) is 15.8. The number of halogens is 1. The quantitative estimate of drug-likeness (QED) is 0.253. The number of aryl methyl sites for hydroxylation is 1. The predicted molar refractivity (Wildman–Crippen MR) is 97.3 cm³/mol. The van der Waals surface area contributed by atoms with E-state index in [0.717, 1.165) is 11.1 Å². The molecule has 0 unspecified atom stereocenters. The fourth-order valence-electron chi connectivity index (χ4n) is 1.87. The number of nitro groups is 1. The zero-order valence-corrected chi connectivity index (χ0v) is 15.2. The van der Waals surface area contributed by atoms with Crippen LogP contribution in [0.3, 0.4) is 0 Å². The second-order valence-corrected chi connectivity index (χ2v) is 6.44. The number of aromatic nitrogens is 1. The van der Waals surface area contributed by atoms with Crippen LogP contribution in [0.4, 0.5) is 5.69 Å². The Hall–Kier alpha value is -2.78. The molecule has 1 aromatic heterocycles. The van der Waals surface area contributed by atoms with Crippen LogP contribution in [0.2, 0.25) is 5.02 Å². The monoisotopic (exact) mass is 395 g/mol. The first kappa shape index (κ1) is 19.5. The van der Waals surface area contributed by atoms with Gasteiger partial charge in [0.1, 0.15) is 6.61 Å². The summed E-state index contributed by atoms with van der Waals surface area (Å²) in [6, 6.07) is 3.55. The number of hydrogen-bond donors (Lipinski definition) is 1. The normalized spacial score (nSPS) is 10.7. The van der Waals surface area contributed by atoms with Gasteiger partial charge in [-0.2, -0.15) is 0 Å². The van der Waals surface area contributed by atoms with E-state index in [1.165, 1.54) is 29.5 Å². The average molecular weight is 396 g/mol. The zero-order chi connectivity index (χ0) is 19.1. The maximum absolute atomic E-state index is 12.0. The highest BCUT2D eigenvalue weighted by Crippen LogP contribution is 2.22. The Labute approximate surface area is 157 Å². The van der Waals surface area contributed by atoms with Crippen molar-refractivity contribution in [3.8, 4) is 0 Å². The second kappa shape index (κ2) is 9.07. The van der Waals surface area contributed by atoms with E-state index < -0.39 is 16.8 Å². The van der Waals surface area contributed by atoms with Crippen LogP contribution < -0.4 is 5.32 Å². The summed E-state index contributed by atoms with van der Waals surface area (Å²) in [6.45, 7) is 1.90. The molecular formula is C16H14ClN3O5S. The van der Waals surface area contributed by atoms with Crippen molar-refractivity contribution in [3.63, 3.8) is 0 Å². The molecule has 0 bridgehead atoms. The Bertz CT molecular complexity index is 865. The smallest absolute Gasteiger partial charge is 0.330 e. The first-order valence-electron chi connectivity index (χ1n) is 7.36. The summed E-state index contributed by atoms with van der Waals surface area (Å²) in [6.07, 6.45) is 2.80. The van der Waals surface area contributed by atoms with Gasteiger partial charge >= 0.3 is 5.97 Å². The van der Waals surface area contributed by atoms with Crippen LogP contribution in [-0.2, 0) is 9.53 Å². The van der Waals surface area contributed by atoms with E-state index in [2.05, 4.69) is 10.3 Å². The van der Waals surface area contributed by atoms with Crippen molar-refractivity contribution in [2.24, 2.45) is 0 Å². The molecule has 1 amide bonds. The third-order valence-electron chi connectivity index (χ3n) is 3.07. The lowest BCUT2D eigenvalue weighted by Gasteiger charge is -2.07. The first-order valence-corrected chi connectivity index (χ1v) is 8.61. The molecule has 0 radical (unpaired) electrons. The Kier molecular flexibility index (Phi) is 6.81. The molecular weight excluding hydrogens is 382 g/mol. The Morgan fingerprint density at radius 3 is 2.85 bits per heavy atom. The Morgan fingerprint density at radius 2 is 2.23 bits per heavy atom. The molecule has 0 fully saturated rings. The third kappa shape index (κ3) is 5.64. The van der Waals surface area contributed by atoms with E-state index in [9.17, 15) is 19.7 Å². The summed E-state index contributed by atoms with van der Waals surface area (Å²) >= 11 is 7.34. The molecule has 0 aliphatic heterocycles. The number of non-ortho nitro benzene ring substituents is 1. The molecule has 0 saturated heterocycles. The van der Waals surface area contributed by atoms with E-state index in [1.807, 2.05) is 12.3 Å². The maximum atomic E-state index is 12.0. The number of amides is 1. The van der Waals surface area contributed by atoms with Gasteiger partial charge in [0, 0.05) is 23.6 Å². The lowest BCUT2D eigenvalue weighted by molar-refractivity contribution is -0.384. The number of esters is 1. The van der Waals surface area contributed by atoms with Crippen molar-refractivity contribution in [3.05, 3.63) is 61.1 Å². The largest absolute Gasteiger partial charge is 0.461 e. The van der Waals surface area contributed by atoms with Gasteiger partial charge in [-0.3, -0.25) is 14.9 Å². The van der Waals surface area contributed by atoms with E-state index in [-0.39, 0.29) is 29.4 Å². The number of nitro benzene ring substituents is 1. The van der Waals surface area contributed by atoms with E-state index >= 15 is 0 Å². The minimum atomic E-state index is -0.604. The topological polar surface area (TPSA) is 111 Å². The molecule has 0 spiro atoms. The number of benzene rings is 1. The van der Waals surface area contributed by atoms with Gasteiger partial charge in [0.2, 0.25) is 0 Å². The molecule has 2 rings (SSSR count). The van der Waals surface area contributed by atoms with Gasteiger partial charge in [-0.15, -0.1) is 11.3 Å². The predicted octanol–water partition coefficient (Wildman–Crippen LogP) is 3.00.